The number of hydrogen-bond acceptors (Lipinski definition) is 2. The maximum Gasteiger partial charge on any atom is 0.0949 e. The number of hydrogen-bond donors (Lipinski definition) is 1. The Balaban J connectivity index is 2.11. The molecular weight excluding hydrogens is 174 g/mol. The van der Waals surface area contributed by atoms with Gasteiger partial charge in [-0.3, -0.25) is 0 Å². The smallest absolute Gasteiger partial charge is 0.0949 e. The predicted octanol–water partition coefficient (Wildman–Crippen LogP) is 1.99. The second-order valence-electron chi connectivity index (χ2n) is 3.43. The highest BCUT2D eigenvalue weighted by atomic mass is 16.5. The van der Waals surface area contributed by atoms with E-state index in [0.29, 0.717) is 0 Å². The molecule has 1 aromatic rings. The molecule has 1 N–H and O–H groups in total. The summed E-state index contributed by atoms with van der Waals surface area (Å²) in [5.41, 5.74) is 2.39. The third kappa shape index (κ3) is 2.03. The summed E-state index contributed by atoms with van der Waals surface area (Å²) in [7, 11) is 0. The average molecular weight is 189 g/mol. The van der Waals surface area contributed by atoms with Crippen molar-refractivity contribution in [2.45, 2.75) is 6.10 Å². The van der Waals surface area contributed by atoms with Crippen LogP contribution in [0.15, 0.2) is 30.8 Å². The van der Waals surface area contributed by atoms with Crippen LogP contribution >= 0.6 is 0 Å². The highest BCUT2D eigenvalue weighted by Crippen LogP contribution is 2.19. The van der Waals surface area contributed by atoms with E-state index < -0.39 is 0 Å². The maximum atomic E-state index is 5.65. The molecule has 0 aliphatic carbocycles. The summed E-state index contributed by atoms with van der Waals surface area (Å²) in [6, 6.07) is 8.35. The van der Waals surface area contributed by atoms with Crippen LogP contribution in [-0.2, 0) is 4.74 Å². The Morgan fingerprint density at radius 3 is 2.71 bits per heavy atom. The van der Waals surface area contributed by atoms with E-state index in [0.717, 1.165) is 25.3 Å². The molecule has 14 heavy (non-hydrogen) atoms. The van der Waals surface area contributed by atoms with E-state index in [1.54, 1.807) is 0 Å². The first-order valence-electron chi connectivity index (χ1n) is 4.95. The third-order valence-electron chi connectivity index (χ3n) is 2.47. The lowest BCUT2D eigenvalue weighted by Crippen LogP contribution is -2.33. The second kappa shape index (κ2) is 4.40. The first-order chi connectivity index (χ1) is 6.90. The van der Waals surface area contributed by atoms with E-state index >= 15 is 0 Å². The molecule has 74 valence electrons. The van der Waals surface area contributed by atoms with Crippen molar-refractivity contribution in [2.75, 3.05) is 19.7 Å². The van der Waals surface area contributed by atoms with E-state index in [4.69, 9.17) is 4.74 Å². The molecule has 2 heteroatoms. The molecule has 1 aliphatic heterocycles. The quantitative estimate of drug-likeness (QED) is 0.768. The number of ether oxygens (including phenoxy) is 1. The fourth-order valence-electron chi connectivity index (χ4n) is 1.63. The molecule has 0 bridgehead atoms. The summed E-state index contributed by atoms with van der Waals surface area (Å²) in [6.07, 6.45) is 2.06. The normalized spacial score (nSPS) is 21.9. The van der Waals surface area contributed by atoms with Crippen LogP contribution in [0, 0.1) is 0 Å². The van der Waals surface area contributed by atoms with Crippen molar-refractivity contribution in [3.63, 3.8) is 0 Å². The van der Waals surface area contributed by atoms with Crippen LogP contribution in [0.3, 0.4) is 0 Å². The fraction of sp³-hybridized carbons (Fsp3) is 0.333. The summed E-state index contributed by atoms with van der Waals surface area (Å²) in [4.78, 5) is 0. The highest BCUT2D eigenvalue weighted by Gasteiger charge is 2.14. The van der Waals surface area contributed by atoms with Gasteiger partial charge in [0, 0.05) is 13.1 Å². The topological polar surface area (TPSA) is 21.3 Å². The van der Waals surface area contributed by atoms with Gasteiger partial charge < -0.3 is 10.1 Å². The highest BCUT2D eigenvalue weighted by molar-refractivity contribution is 5.47. The zero-order valence-electron chi connectivity index (χ0n) is 8.20. The van der Waals surface area contributed by atoms with Gasteiger partial charge in [0.1, 0.15) is 0 Å². The summed E-state index contributed by atoms with van der Waals surface area (Å²) in [5, 5.41) is 3.32. The molecule has 1 atom stereocenters. The molecule has 0 aromatic heterocycles. The Hall–Kier alpha value is -1.12. The standard InChI is InChI=1S/C12H15NO/c1-2-10-3-5-11(6-4-10)12-9-13-7-8-14-12/h2-6,12-13H,1,7-9H2. The Morgan fingerprint density at radius 2 is 2.14 bits per heavy atom. The van der Waals surface area contributed by atoms with Crippen molar-refractivity contribution in [3.05, 3.63) is 42.0 Å². The Kier molecular flexibility index (Phi) is 2.96. The van der Waals surface area contributed by atoms with Crippen LogP contribution in [0.25, 0.3) is 6.08 Å². The summed E-state index contributed by atoms with van der Waals surface area (Å²) >= 11 is 0. The molecule has 1 fully saturated rings. The van der Waals surface area contributed by atoms with Crippen molar-refractivity contribution in [2.24, 2.45) is 0 Å². The van der Waals surface area contributed by atoms with E-state index in [1.807, 2.05) is 6.08 Å². The zero-order valence-corrected chi connectivity index (χ0v) is 8.20. The molecule has 0 amide bonds. The van der Waals surface area contributed by atoms with Gasteiger partial charge in [-0.25, -0.2) is 0 Å². The molecule has 1 unspecified atom stereocenters. The maximum absolute atomic E-state index is 5.65. The van der Waals surface area contributed by atoms with Gasteiger partial charge in [0.05, 0.1) is 12.7 Å². The van der Waals surface area contributed by atoms with E-state index in [1.165, 1.54) is 5.56 Å². The first kappa shape index (κ1) is 9.44. The lowest BCUT2D eigenvalue weighted by atomic mass is 10.1. The molecule has 1 aliphatic rings. The summed E-state index contributed by atoms with van der Waals surface area (Å²) in [5.74, 6) is 0. The van der Waals surface area contributed by atoms with Crippen LogP contribution in [-0.4, -0.2) is 19.7 Å². The SMILES string of the molecule is C=Cc1ccc(C2CNCCO2)cc1. The third-order valence-corrected chi connectivity index (χ3v) is 2.47. The van der Waals surface area contributed by atoms with Gasteiger partial charge in [-0.2, -0.15) is 0 Å². The largest absolute Gasteiger partial charge is 0.371 e. The number of rotatable bonds is 2. The van der Waals surface area contributed by atoms with Crippen molar-refractivity contribution >= 4 is 6.08 Å². The van der Waals surface area contributed by atoms with Crippen molar-refractivity contribution in [3.8, 4) is 0 Å². The van der Waals surface area contributed by atoms with E-state index in [9.17, 15) is 0 Å². The first-order valence-corrected chi connectivity index (χ1v) is 4.95. The predicted molar refractivity (Wildman–Crippen MR) is 58.1 cm³/mol. The van der Waals surface area contributed by atoms with Gasteiger partial charge in [-0.1, -0.05) is 36.9 Å². The van der Waals surface area contributed by atoms with Crippen LogP contribution in [0.5, 0.6) is 0 Å². The Morgan fingerprint density at radius 1 is 1.36 bits per heavy atom. The number of benzene rings is 1. The summed E-state index contributed by atoms with van der Waals surface area (Å²) < 4.78 is 5.65. The molecule has 0 spiro atoms. The second-order valence-corrected chi connectivity index (χ2v) is 3.43. The lowest BCUT2D eigenvalue weighted by Gasteiger charge is -2.23. The molecule has 0 radical (unpaired) electrons. The minimum Gasteiger partial charge on any atom is -0.371 e. The molecular formula is C12H15NO. The fourth-order valence-corrected chi connectivity index (χ4v) is 1.63. The van der Waals surface area contributed by atoms with Crippen molar-refractivity contribution in [1.29, 1.82) is 0 Å². The van der Waals surface area contributed by atoms with Gasteiger partial charge in [0.25, 0.3) is 0 Å². The minimum atomic E-state index is 0.211. The molecule has 2 rings (SSSR count). The molecule has 2 nitrogen and oxygen atoms in total. The Labute approximate surface area is 84.6 Å². The molecule has 1 aromatic carbocycles. The van der Waals surface area contributed by atoms with Crippen LogP contribution in [0.4, 0.5) is 0 Å². The lowest BCUT2D eigenvalue weighted by molar-refractivity contribution is 0.0277. The van der Waals surface area contributed by atoms with Gasteiger partial charge in [-0.05, 0) is 11.1 Å². The van der Waals surface area contributed by atoms with E-state index in [2.05, 4.69) is 36.2 Å². The van der Waals surface area contributed by atoms with Crippen molar-refractivity contribution in [1.82, 2.24) is 5.32 Å². The van der Waals surface area contributed by atoms with Crippen molar-refractivity contribution < 1.29 is 4.74 Å². The van der Waals surface area contributed by atoms with Crippen LogP contribution in [0.2, 0.25) is 0 Å². The van der Waals surface area contributed by atoms with Gasteiger partial charge in [0.15, 0.2) is 0 Å². The minimum absolute atomic E-state index is 0.211. The van der Waals surface area contributed by atoms with Gasteiger partial charge >= 0.3 is 0 Å². The zero-order chi connectivity index (χ0) is 9.80. The molecule has 1 saturated heterocycles. The summed E-state index contributed by atoms with van der Waals surface area (Å²) in [6.45, 7) is 6.40. The number of morpholine rings is 1. The van der Waals surface area contributed by atoms with Gasteiger partial charge in [0.2, 0.25) is 0 Å². The molecule has 1 heterocycles. The monoisotopic (exact) mass is 189 g/mol. The van der Waals surface area contributed by atoms with Gasteiger partial charge in [-0.15, -0.1) is 0 Å². The van der Waals surface area contributed by atoms with E-state index in [-0.39, 0.29) is 6.10 Å². The Bertz CT molecular complexity index is 299. The van der Waals surface area contributed by atoms with Crippen LogP contribution in [0.1, 0.15) is 17.2 Å². The van der Waals surface area contributed by atoms with Crippen LogP contribution < -0.4 is 5.32 Å². The molecule has 0 saturated carbocycles. The number of nitrogens with one attached hydrogen (secondary N) is 1. The average Bonchev–Trinajstić information content (AvgIpc) is 2.30.